The third kappa shape index (κ3) is 4.30. The number of ether oxygens (including phenoxy) is 1. The summed E-state index contributed by atoms with van der Waals surface area (Å²) in [5.74, 6) is 0.868. The quantitative estimate of drug-likeness (QED) is 0.869. The number of carbonyl (C=O) groups excluding carboxylic acids is 1. The van der Waals surface area contributed by atoms with Crippen molar-refractivity contribution in [3.05, 3.63) is 40.0 Å². The zero-order valence-corrected chi connectivity index (χ0v) is 14.6. The van der Waals surface area contributed by atoms with Crippen LogP contribution < -0.4 is 10.2 Å². The lowest BCUT2D eigenvalue weighted by Gasteiger charge is -2.28. The van der Waals surface area contributed by atoms with Crippen LogP contribution in [0, 0.1) is 0 Å². The molecule has 0 saturated carbocycles. The Balaban J connectivity index is 1.58. The molecule has 0 unspecified atom stereocenters. The summed E-state index contributed by atoms with van der Waals surface area (Å²) in [6.07, 6.45) is 5.41. The van der Waals surface area contributed by atoms with Gasteiger partial charge in [0.25, 0.3) is 5.91 Å². The molecule has 0 spiro atoms. The second-order valence-corrected chi connectivity index (χ2v) is 6.79. The highest BCUT2D eigenvalue weighted by molar-refractivity contribution is 7.13. The third-order valence-electron chi connectivity index (χ3n) is 3.84. The molecule has 6 nitrogen and oxygen atoms in total. The maximum atomic E-state index is 12.2. The minimum absolute atomic E-state index is 0.0698. The Morgan fingerprint density at radius 1 is 1.38 bits per heavy atom. The Kier molecular flexibility index (Phi) is 5.77. The first kappa shape index (κ1) is 16.9. The Morgan fingerprint density at radius 2 is 2.21 bits per heavy atom. The predicted molar refractivity (Wildman–Crippen MR) is 94.5 cm³/mol. The number of pyridine rings is 1. The van der Waals surface area contributed by atoms with Crippen LogP contribution >= 0.6 is 11.3 Å². The first-order valence-corrected chi connectivity index (χ1v) is 9.08. The molecule has 0 aliphatic carbocycles. The average Bonchev–Trinajstić information content (AvgIpc) is 3.10. The van der Waals surface area contributed by atoms with E-state index in [4.69, 9.17) is 4.74 Å². The lowest BCUT2D eigenvalue weighted by Crippen LogP contribution is -2.36. The Hall–Kier alpha value is -1.99. The van der Waals surface area contributed by atoms with Crippen molar-refractivity contribution in [3.8, 4) is 0 Å². The van der Waals surface area contributed by atoms with E-state index in [1.807, 2.05) is 12.1 Å². The summed E-state index contributed by atoms with van der Waals surface area (Å²) < 4.78 is 5.37. The Bertz CT molecular complexity index is 683. The fraction of sp³-hybridized carbons (Fsp3) is 0.471. The van der Waals surface area contributed by atoms with Crippen molar-refractivity contribution in [2.24, 2.45) is 0 Å². The number of carbonyl (C=O) groups is 1. The van der Waals surface area contributed by atoms with Crippen molar-refractivity contribution in [2.45, 2.75) is 26.3 Å². The summed E-state index contributed by atoms with van der Waals surface area (Å²) in [5, 5.41) is 3.98. The number of hydrogen-bond donors (Lipinski definition) is 1. The first-order valence-electron chi connectivity index (χ1n) is 8.27. The molecule has 24 heavy (non-hydrogen) atoms. The van der Waals surface area contributed by atoms with E-state index in [0.29, 0.717) is 11.4 Å². The van der Waals surface area contributed by atoms with E-state index >= 15 is 0 Å². The molecule has 7 heteroatoms. The maximum absolute atomic E-state index is 12.2. The third-order valence-corrected chi connectivity index (χ3v) is 4.90. The van der Waals surface area contributed by atoms with E-state index < -0.39 is 0 Å². The minimum atomic E-state index is -0.0698. The van der Waals surface area contributed by atoms with Gasteiger partial charge in [-0.25, -0.2) is 9.97 Å². The summed E-state index contributed by atoms with van der Waals surface area (Å²) in [5.41, 5.74) is 1.04. The Labute approximate surface area is 145 Å². The molecule has 3 rings (SSSR count). The number of amides is 1. The van der Waals surface area contributed by atoms with Crippen LogP contribution in [-0.2, 0) is 17.7 Å². The normalized spacial score (nSPS) is 14.6. The average molecular weight is 346 g/mol. The molecular formula is C17H22N4O2S. The monoisotopic (exact) mass is 346 g/mol. The van der Waals surface area contributed by atoms with E-state index in [9.17, 15) is 4.79 Å². The Morgan fingerprint density at radius 3 is 3.00 bits per heavy atom. The van der Waals surface area contributed by atoms with Gasteiger partial charge in [0.2, 0.25) is 0 Å². The zero-order valence-electron chi connectivity index (χ0n) is 13.8. The molecule has 2 aromatic rings. The summed E-state index contributed by atoms with van der Waals surface area (Å²) in [6.45, 7) is 5.76. The van der Waals surface area contributed by atoms with Crippen molar-refractivity contribution in [1.29, 1.82) is 0 Å². The minimum Gasteiger partial charge on any atom is -0.378 e. The van der Waals surface area contributed by atoms with Gasteiger partial charge in [-0.15, -0.1) is 11.3 Å². The fourth-order valence-corrected chi connectivity index (χ4v) is 3.49. The van der Waals surface area contributed by atoms with Crippen molar-refractivity contribution in [1.82, 2.24) is 15.3 Å². The molecule has 3 heterocycles. The van der Waals surface area contributed by atoms with Crippen LogP contribution in [0.25, 0.3) is 0 Å². The number of morpholine rings is 1. The van der Waals surface area contributed by atoms with Gasteiger partial charge in [0, 0.05) is 25.8 Å². The molecule has 1 amide bonds. The van der Waals surface area contributed by atoms with Gasteiger partial charge in [0.05, 0.1) is 24.4 Å². The molecule has 1 saturated heterocycles. The van der Waals surface area contributed by atoms with Crippen LogP contribution in [0.1, 0.15) is 33.6 Å². The van der Waals surface area contributed by atoms with E-state index in [0.717, 1.165) is 55.5 Å². The molecule has 0 atom stereocenters. The summed E-state index contributed by atoms with van der Waals surface area (Å²) in [4.78, 5) is 23.8. The van der Waals surface area contributed by atoms with E-state index in [2.05, 4.69) is 27.1 Å². The number of aromatic nitrogens is 2. The number of nitrogens with zero attached hydrogens (tertiary/aromatic N) is 3. The van der Waals surface area contributed by atoms with Gasteiger partial charge in [-0.05, 0) is 30.5 Å². The van der Waals surface area contributed by atoms with Crippen LogP contribution in [0.4, 0.5) is 5.82 Å². The topological polar surface area (TPSA) is 67.4 Å². The molecular weight excluding hydrogens is 324 g/mol. The molecule has 0 bridgehead atoms. The highest BCUT2D eigenvalue weighted by Crippen LogP contribution is 2.16. The predicted octanol–water partition coefficient (Wildman–Crippen LogP) is 2.26. The molecule has 128 valence electrons. The van der Waals surface area contributed by atoms with Crippen LogP contribution in [0.3, 0.4) is 0 Å². The van der Waals surface area contributed by atoms with Crippen LogP contribution in [-0.4, -0.2) is 42.2 Å². The smallest absolute Gasteiger partial charge is 0.263 e. The molecule has 0 aromatic carbocycles. The zero-order chi connectivity index (χ0) is 16.8. The van der Waals surface area contributed by atoms with Gasteiger partial charge < -0.3 is 15.0 Å². The molecule has 1 fully saturated rings. The number of nitrogens with one attached hydrogen (secondary N) is 1. The summed E-state index contributed by atoms with van der Waals surface area (Å²) in [6, 6.07) is 3.96. The number of aryl methyl sites for hydroxylation is 1. The van der Waals surface area contributed by atoms with Crippen LogP contribution in [0.5, 0.6) is 0 Å². The standard InChI is InChI=1S/C17H22N4O2S/c1-2-3-16-19-12-14(24-16)17(22)20-11-13-4-5-18-15(10-13)21-6-8-23-9-7-21/h4-5,10,12H,2-3,6-9,11H2,1H3,(H,20,22). The van der Waals surface area contributed by atoms with Gasteiger partial charge in [-0.1, -0.05) is 6.92 Å². The molecule has 2 aromatic heterocycles. The van der Waals surface area contributed by atoms with Gasteiger partial charge in [-0.2, -0.15) is 0 Å². The molecule has 1 N–H and O–H groups in total. The molecule has 1 aliphatic heterocycles. The SMILES string of the molecule is CCCc1ncc(C(=O)NCc2ccnc(N3CCOCC3)c2)s1. The van der Waals surface area contributed by atoms with Gasteiger partial charge in [-0.3, -0.25) is 4.79 Å². The lowest BCUT2D eigenvalue weighted by atomic mass is 10.2. The fourth-order valence-electron chi connectivity index (χ4n) is 2.55. The molecule has 0 radical (unpaired) electrons. The second kappa shape index (κ2) is 8.21. The maximum Gasteiger partial charge on any atom is 0.263 e. The largest absolute Gasteiger partial charge is 0.378 e. The van der Waals surface area contributed by atoms with E-state index in [-0.39, 0.29) is 5.91 Å². The van der Waals surface area contributed by atoms with Crippen LogP contribution in [0.2, 0.25) is 0 Å². The van der Waals surface area contributed by atoms with Crippen molar-refractivity contribution in [3.63, 3.8) is 0 Å². The summed E-state index contributed by atoms with van der Waals surface area (Å²) in [7, 11) is 0. The number of rotatable bonds is 6. The summed E-state index contributed by atoms with van der Waals surface area (Å²) >= 11 is 1.47. The number of hydrogen-bond acceptors (Lipinski definition) is 6. The van der Waals surface area contributed by atoms with Gasteiger partial charge in [0.15, 0.2) is 0 Å². The van der Waals surface area contributed by atoms with E-state index in [1.54, 1.807) is 12.4 Å². The van der Waals surface area contributed by atoms with E-state index in [1.165, 1.54) is 11.3 Å². The van der Waals surface area contributed by atoms with Crippen molar-refractivity contribution < 1.29 is 9.53 Å². The van der Waals surface area contributed by atoms with Gasteiger partial charge in [0.1, 0.15) is 10.7 Å². The highest BCUT2D eigenvalue weighted by Gasteiger charge is 2.13. The highest BCUT2D eigenvalue weighted by atomic mass is 32.1. The van der Waals surface area contributed by atoms with Crippen LogP contribution in [0.15, 0.2) is 24.5 Å². The lowest BCUT2D eigenvalue weighted by molar-refractivity contribution is 0.0954. The number of thiazole rings is 1. The van der Waals surface area contributed by atoms with Crippen molar-refractivity contribution >= 4 is 23.1 Å². The van der Waals surface area contributed by atoms with Crippen molar-refractivity contribution in [2.75, 3.05) is 31.2 Å². The molecule has 1 aliphatic rings. The van der Waals surface area contributed by atoms with Gasteiger partial charge >= 0.3 is 0 Å². The first-order chi connectivity index (χ1) is 11.8. The number of anilines is 1. The second-order valence-electron chi connectivity index (χ2n) is 5.67.